The van der Waals surface area contributed by atoms with Crippen molar-refractivity contribution in [2.45, 2.75) is 5.92 Å². The summed E-state index contributed by atoms with van der Waals surface area (Å²) in [4.78, 5) is 20.4. The standard InChI is InChI=1S/C9H9NO5/c11-5-8(9(12)13)6-1-3-7(4-2-6)10(14)15/h1-4,8,11H,5H2,(H,12,13). The highest BCUT2D eigenvalue weighted by atomic mass is 16.6. The number of non-ortho nitro benzene ring substituents is 1. The van der Waals surface area contributed by atoms with E-state index >= 15 is 0 Å². The van der Waals surface area contributed by atoms with Gasteiger partial charge in [-0.05, 0) is 5.56 Å². The molecular weight excluding hydrogens is 202 g/mol. The number of hydrogen-bond donors (Lipinski definition) is 2. The average molecular weight is 211 g/mol. The van der Waals surface area contributed by atoms with E-state index in [4.69, 9.17) is 10.2 Å². The zero-order valence-electron chi connectivity index (χ0n) is 7.66. The Morgan fingerprint density at radius 3 is 2.27 bits per heavy atom. The molecule has 0 aliphatic rings. The summed E-state index contributed by atoms with van der Waals surface area (Å²) >= 11 is 0. The molecule has 0 aromatic heterocycles. The van der Waals surface area contributed by atoms with Crippen LogP contribution in [-0.2, 0) is 4.79 Å². The largest absolute Gasteiger partial charge is 0.481 e. The number of rotatable bonds is 4. The van der Waals surface area contributed by atoms with Crippen LogP contribution in [0.15, 0.2) is 24.3 Å². The number of nitro groups is 1. The van der Waals surface area contributed by atoms with Crippen LogP contribution in [0.5, 0.6) is 0 Å². The van der Waals surface area contributed by atoms with Crippen LogP contribution in [0.3, 0.4) is 0 Å². The lowest BCUT2D eigenvalue weighted by Gasteiger charge is -2.08. The van der Waals surface area contributed by atoms with Crippen molar-refractivity contribution in [2.75, 3.05) is 6.61 Å². The topological polar surface area (TPSA) is 101 Å². The molecule has 0 fully saturated rings. The Hall–Kier alpha value is -1.95. The van der Waals surface area contributed by atoms with Gasteiger partial charge in [0.25, 0.3) is 5.69 Å². The van der Waals surface area contributed by atoms with Gasteiger partial charge in [0.1, 0.15) is 5.92 Å². The Kier molecular flexibility index (Phi) is 3.35. The Labute approximate surface area is 84.9 Å². The first kappa shape index (κ1) is 11.1. The second-order valence-corrected chi connectivity index (χ2v) is 2.92. The van der Waals surface area contributed by atoms with Gasteiger partial charge < -0.3 is 10.2 Å². The Morgan fingerprint density at radius 2 is 1.93 bits per heavy atom. The van der Waals surface area contributed by atoms with E-state index in [1.165, 1.54) is 24.3 Å². The highest BCUT2D eigenvalue weighted by Gasteiger charge is 2.19. The normalized spacial score (nSPS) is 12.1. The second kappa shape index (κ2) is 4.52. The predicted octanol–water partition coefficient (Wildman–Crippen LogP) is 0.755. The molecule has 0 aliphatic heterocycles. The lowest BCUT2D eigenvalue weighted by atomic mass is 10.0. The summed E-state index contributed by atoms with van der Waals surface area (Å²) in [6.45, 7) is -0.535. The number of aliphatic carboxylic acids is 1. The summed E-state index contributed by atoms with van der Waals surface area (Å²) < 4.78 is 0. The van der Waals surface area contributed by atoms with Crippen molar-refractivity contribution < 1.29 is 19.9 Å². The minimum Gasteiger partial charge on any atom is -0.481 e. The van der Waals surface area contributed by atoms with Crippen LogP contribution in [0.1, 0.15) is 11.5 Å². The Morgan fingerprint density at radius 1 is 1.40 bits per heavy atom. The molecule has 1 aromatic carbocycles. The zero-order chi connectivity index (χ0) is 11.4. The number of carboxylic acids is 1. The third kappa shape index (κ3) is 2.50. The molecule has 15 heavy (non-hydrogen) atoms. The number of carboxylic acid groups (broad SMARTS) is 1. The third-order valence-corrected chi connectivity index (χ3v) is 1.99. The fourth-order valence-corrected chi connectivity index (χ4v) is 1.15. The smallest absolute Gasteiger partial charge is 0.313 e. The van der Waals surface area contributed by atoms with E-state index in [9.17, 15) is 14.9 Å². The average Bonchev–Trinajstić information content (AvgIpc) is 2.19. The summed E-state index contributed by atoms with van der Waals surface area (Å²) in [5, 5.41) is 27.9. The van der Waals surface area contributed by atoms with E-state index in [-0.39, 0.29) is 5.69 Å². The summed E-state index contributed by atoms with van der Waals surface area (Å²) in [6, 6.07) is 5.07. The maximum atomic E-state index is 10.7. The SMILES string of the molecule is O=C(O)C(CO)c1ccc([N+](=O)[O-])cc1. The number of hydrogen-bond acceptors (Lipinski definition) is 4. The van der Waals surface area contributed by atoms with Crippen LogP contribution in [0.4, 0.5) is 5.69 Å². The monoisotopic (exact) mass is 211 g/mol. The van der Waals surface area contributed by atoms with Gasteiger partial charge >= 0.3 is 5.97 Å². The summed E-state index contributed by atoms with van der Waals surface area (Å²) in [7, 11) is 0. The summed E-state index contributed by atoms with van der Waals surface area (Å²) in [5.41, 5.74) is 0.233. The molecule has 0 heterocycles. The van der Waals surface area contributed by atoms with Crippen LogP contribution in [-0.4, -0.2) is 27.7 Å². The molecule has 1 unspecified atom stereocenters. The number of carbonyl (C=O) groups is 1. The second-order valence-electron chi connectivity index (χ2n) is 2.92. The molecule has 80 valence electrons. The number of nitrogens with zero attached hydrogens (tertiary/aromatic N) is 1. The van der Waals surface area contributed by atoms with E-state index in [0.717, 1.165) is 0 Å². The van der Waals surface area contributed by atoms with Crippen LogP contribution in [0, 0.1) is 10.1 Å². The third-order valence-electron chi connectivity index (χ3n) is 1.99. The molecule has 6 heteroatoms. The number of aliphatic hydroxyl groups excluding tert-OH is 1. The van der Waals surface area contributed by atoms with Gasteiger partial charge in [0, 0.05) is 12.1 Å². The van der Waals surface area contributed by atoms with E-state index in [2.05, 4.69) is 0 Å². The van der Waals surface area contributed by atoms with E-state index in [1.54, 1.807) is 0 Å². The van der Waals surface area contributed by atoms with Crippen molar-refractivity contribution in [3.05, 3.63) is 39.9 Å². The van der Waals surface area contributed by atoms with Crippen LogP contribution in [0.2, 0.25) is 0 Å². The Balaban J connectivity index is 2.97. The molecule has 1 rings (SSSR count). The first-order valence-electron chi connectivity index (χ1n) is 4.14. The molecule has 0 radical (unpaired) electrons. The van der Waals surface area contributed by atoms with E-state index in [1.807, 2.05) is 0 Å². The molecule has 2 N–H and O–H groups in total. The predicted molar refractivity (Wildman–Crippen MR) is 50.6 cm³/mol. The van der Waals surface area contributed by atoms with E-state index in [0.29, 0.717) is 5.56 Å². The van der Waals surface area contributed by atoms with Gasteiger partial charge in [0.15, 0.2) is 0 Å². The molecule has 0 bridgehead atoms. The molecule has 0 saturated heterocycles. The minimum atomic E-state index is -1.16. The number of aliphatic hydroxyl groups is 1. The van der Waals surface area contributed by atoms with Gasteiger partial charge in [0.05, 0.1) is 11.5 Å². The van der Waals surface area contributed by atoms with Crippen LogP contribution >= 0.6 is 0 Å². The fourth-order valence-electron chi connectivity index (χ4n) is 1.15. The molecule has 1 aromatic rings. The molecule has 6 nitrogen and oxygen atoms in total. The highest BCUT2D eigenvalue weighted by molar-refractivity contribution is 5.76. The molecule has 0 amide bonds. The van der Waals surface area contributed by atoms with Crippen molar-refractivity contribution in [2.24, 2.45) is 0 Å². The minimum absolute atomic E-state index is 0.110. The summed E-state index contributed by atoms with van der Waals surface area (Å²) in [6.07, 6.45) is 0. The first-order valence-corrected chi connectivity index (χ1v) is 4.14. The first-order chi connectivity index (χ1) is 7.06. The number of nitro benzene ring substituents is 1. The number of benzene rings is 1. The van der Waals surface area contributed by atoms with Gasteiger partial charge in [-0.3, -0.25) is 14.9 Å². The maximum absolute atomic E-state index is 10.7. The molecule has 0 aliphatic carbocycles. The molecule has 0 spiro atoms. The van der Waals surface area contributed by atoms with Crippen molar-refractivity contribution in [1.29, 1.82) is 0 Å². The van der Waals surface area contributed by atoms with Gasteiger partial charge in [0.2, 0.25) is 0 Å². The van der Waals surface area contributed by atoms with Gasteiger partial charge in [-0.25, -0.2) is 0 Å². The molecule has 0 saturated carbocycles. The lowest BCUT2D eigenvalue weighted by Crippen LogP contribution is -2.15. The molecular formula is C9H9NO5. The summed E-state index contributed by atoms with van der Waals surface area (Å²) in [5.74, 6) is -2.20. The van der Waals surface area contributed by atoms with Crippen LogP contribution < -0.4 is 0 Å². The van der Waals surface area contributed by atoms with Gasteiger partial charge in [-0.2, -0.15) is 0 Å². The van der Waals surface area contributed by atoms with Crippen molar-refractivity contribution >= 4 is 11.7 Å². The van der Waals surface area contributed by atoms with Crippen LogP contribution in [0.25, 0.3) is 0 Å². The quantitative estimate of drug-likeness (QED) is 0.565. The van der Waals surface area contributed by atoms with E-state index < -0.39 is 23.4 Å². The van der Waals surface area contributed by atoms with Crippen molar-refractivity contribution in [3.63, 3.8) is 0 Å². The molecule has 1 atom stereocenters. The van der Waals surface area contributed by atoms with Gasteiger partial charge in [-0.15, -0.1) is 0 Å². The van der Waals surface area contributed by atoms with Crippen molar-refractivity contribution in [3.8, 4) is 0 Å². The zero-order valence-corrected chi connectivity index (χ0v) is 7.66. The van der Waals surface area contributed by atoms with Crippen molar-refractivity contribution in [1.82, 2.24) is 0 Å². The fraction of sp³-hybridized carbons (Fsp3) is 0.222. The Bertz CT molecular complexity index is 373. The highest BCUT2D eigenvalue weighted by Crippen LogP contribution is 2.19. The van der Waals surface area contributed by atoms with Gasteiger partial charge in [-0.1, -0.05) is 12.1 Å². The lowest BCUT2D eigenvalue weighted by molar-refractivity contribution is -0.384. The maximum Gasteiger partial charge on any atom is 0.313 e.